The average Bonchev–Trinajstić information content (AvgIpc) is 2.93. The molecule has 130 valence electrons. The molecule has 0 N–H and O–H groups in total. The molecule has 0 saturated carbocycles. The molecule has 1 aromatic carbocycles. The second-order valence-corrected chi connectivity index (χ2v) is 7.26. The molecule has 0 fully saturated rings. The molecule has 3 aromatic rings. The normalized spacial score (nSPS) is 11.6. The van der Waals surface area contributed by atoms with E-state index in [4.69, 9.17) is 4.74 Å². The second kappa shape index (κ2) is 6.25. The van der Waals surface area contributed by atoms with E-state index in [1.807, 2.05) is 0 Å². The van der Waals surface area contributed by atoms with Crippen molar-refractivity contribution in [1.82, 2.24) is 14.6 Å². The van der Waals surface area contributed by atoms with Gasteiger partial charge in [0.2, 0.25) is 0 Å². The van der Waals surface area contributed by atoms with Crippen molar-refractivity contribution < 1.29 is 22.3 Å². The molecule has 0 aliphatic rings. The minimum Gasteiger partial charge on any atom is -0.462 e. The highest BCUT2D eigenvalue weighted by atomic mass is 32.2. The maximum Gasteiger partial charge on any atom is 0.344 e. The van der Waals surface area contributed by atoms with E-state index in [1.165, 1.54) is 22.8 Å². The first-order valence-electron chi connectivity index (χ1n) is 7.33. The van der Waals surface area contributed by atoms with Crippen LogP contribution in [-0.4, -0.2) is 41.8 Å². The fourth-order valence-electron chi connectivity index (χ4n) is 2.39. The quantitative estimate of drug-likeness (QED) is 0.660. The van der Waals surface area contributed by atoms with Crippen molar-refractivity contribution >= 4 is 21.5 Å². The summed E-state index contributed by atoms with van der Waals surface area (Å²) in [5, 5.41) is 4.20. The zero-order valence-corrected chi connectivity index (χ0v) is 14.2. The summed E-state index contributed by atoms with van der Waals surface area (Å²) in [6, 6.07) is 5.05. The van der Waals surface area contributed by atoms with Gasteiger partial charge in [0.15, 0.2) is 15.5 Å². The number of fused-ring (bicyclic) bond motifs is 1. The standard InChI is InChI=1S/C16H14FN3O4S/c1-3-24-16(21)13-14(19-20-8-4-7-18-15(13)20)11-6-5-10(9-12(11)17)25(2,22)23/h4-9H,3H2,1-2H3. The van der Waals surface area contributed by atoms with Gasteiger partial charge in [0.05, 0.1) is 11.5 Å². The number of hydrogen-bond acceptors (Lipinski definition) is 6. The fourth-order valence-corrected chi connectivity index (χ4v) is 3.02. The van der Waals surface area contributed by atoms with Gasteiger partial charge in [-0.3, -0.25) is 0 Å². The van der Waals surface area contributed by atoms with E-state index in [-0.39, 0.29) is 34.0 Å². The highest BCUT2D eigenvalue weighted by molar-refractivity contribution is 7.90. The van der Waals surface area contributed by atoms with Gasteiger partial charge in [-0.15, -0.1) is 0 Å². The zero-order valence-electron chi connectivity index (χ0n) is 13.4. The molecule has 0 bridgehead atoms. The first kappa shape index (κ1) is 17.0. The molecule has 2 aromatic heterocycles. The van der Waals surface area contributed by atoms with Crippen LogP contribution >= 0.6 is 0 Å². The van der Waals surface area contributed by atoms with Crippen molar-refractivity contribution in [2.75, 3.05) is 12.9 Å². The van der Waals surface area contributed by atoms with Crippen LogP contribution in [0.4, 0.5) is 4.39 Å². The number of hydrogen-bond donors (Lipinski definition) is 0. The van der Waals surface area contributed by atoms with Crippen LogP contribution in [0.2, 0.25) is 0 Å². The van der Waals surface area contributed by atoms with Crippen LogP contribution in [0.25, 0.3) is 16.9 Å². The van der Waals surface area contributed by atoms with E-state index < -0.39 is 21.6 Å². The topological polar surface area (TPSA) is 90.6 Å². The highest BCUT2D eigenvalue weighted by Gasteiger charge is 2.25. The number of sulfone groups is 1. The summed E-state index contributed by atoms with van der Waals surface area (Å²) in [5.41, 5.74) is 0.270. The van der Waals surface area contributed by atoms with Crippen LogP contribution < -0.4 is 0 Å². The Labute approximate surface area is 143 Å². The molecule has 0 aliphatic heterocycles. The van der Waals surface area contributed by atoms with E-state index in [1.54, 1.807) is 19.2 Å². The molecule has 25 heavy (non-hydrogen) atoms. The molecule has 7 nitrogen and oxygen atoms in total. The van der Waals surface area contributed by atoms with Gasteiger partial charge < -0.3 is 4.74 Å². The Balaban J connectivity index is 2.25. The van der Waals surface area contributed by atoms with Crippen LogP contribution in [0.3, 0.4) is 0 Å². The molecule has 0 saturated heterocycles. The third kappa shape index (κ3) is 3.10. The van der Waals surface area contributed by atoms with Crippen LogP contribution in [0, 0.1) is 5.82 Å². The predicted molar refractivity (Wildman–Crippen MR) is 87.4 cm³/mol. The smallest absolute Gasteiger partial charge is 0.344 e. The molecular formula is C16H14FN3O4S. The van der Waals surface area contributed by atoms with E-state index in [0.29, 0.717) is 0 Å². The lowest BCUT2D eigenvalue weighted by Gasteiger charge is -2.05. The number of halogens is 1. The van der Waals surface area contributed by atoms with Gasteiger partial charge in [-0.1, -0.05) is 0 Å². The molecule has 9 heteroatoms. The predicted octanol–water partition coefficient (Wildman–Crippen LogP) is 2.12. The summed E-state index contributed by atoms with van der Waals surface area (Å²) in [5.74, 6) is -1.49. The van der Waals surface area contributed by atoms with Crippen LogP contribution in [0.5, 0.6) is 0 Å². The number of nitrogens with zero attached hydrogens (tertiary/aromatic N) is 3. The maximum atomic E-state index is 14.5. The van der Waals surface area contributed by atoms with Gasteiger partial charge in [-0.25, -0.2) is 27.1 Å². The summed E-state index contributed by atoms with van der Waals surface area (Å²) in [7, 11) is -3.55. The third-order valence-electron chi connectivity index (χ3n) is 3.50. The van der Waals surface area contributed by atoms with E-state index >= 15 is 0 Å². The van der Waals surface area contributed by atoms with E-state index in [2.05, 4.69) is 10.1 Å². The third-order valence-corrected chi connectivity index (χ3v) is 4.61. The van der Waals surface area contributed by atoms with Gasteiger partial charge in [0.25, 0.3) is 0 Å². The van der Waals surface area contributed by atoms with Gasteiger partial charge in [0, 0.05) is 24.2 Å². The summed E-state index contributed by atoms with van der Waals surface area (Å²) in [6.07, 6.45) is 4.03. The molecule has 2 heterocycles. The SMILES string of the molecule is CCOC(=O)c1c(-c2ccc(S(C)(=O)=O)cc2F)nn2cccnc12. The van der Waals surface area contributed by atoms with Gasteiger partial charge >= 0.3 is 5.97 Å². The zero-order chi connectivity index (χ0) is 18.2. The average molecular weight is 363 g/mol. The largest absolute Gasteiger partial charge is 0.462 e. The minimum atomic E-state index is -3.55. The lowest BCUT2D eigenvalue weighted by molar-refractivity contribution is 0.0529. The second-order valence-electron chi connectivity index (χ2n) is 5.25. The Kier molecular flexibility index (Phi) is 4.25. The number of carbonyl (C=O) groups excluding carboxylic acids is 1. The van der Waals surface area contributed by atoms with E-state index in [9.17, 15) is 17.6 Å². The monoisotopic (exact) mass is 363 g/mol. The maximum absolute atomic E-state index is 14.5. The number of rotatable bonds is 4. The molecular weight excluding hydrogens is 349 g/mol. The first-order valence-corrected chi connectivity index (χ1v) is 9.22. The molecule has 3 rings (SSSR count). The van der Waals surface area contributed by atoms with E-state index in [0.717, 1.165) is 12.3 Å². The summed E-state index contributed by atoms with van der Waals surface area (Å²) < 4.78 is 44.0. The van der Waals surface area contributed by atoms with Crippen molar-refractivity contribution in [3.05, 3.63) is 48.0 Å². The van der Waals surface area contributed by atoms with Crippen molar-refractivity contribution in [2.45, 2.75) is 11.8 Å². The lowest BCUT2D eigenvalue weighted by Crippen LogP contribution is -2.07. The Hall–Kier alpha value is -2.81. The molecule has 0 aliphatic carbocycles. The molecule has 0 unspecified atom stereocenters. The van der Waals surface area contributed by atoms with Crippen molar-refractivity contribution in [1.29, 1.82) is 0 Å². The van der Waals surface area contributed by atoms with Gasteiger partial charge in [0.1, 0.15) is 17.1 Å². The number of benzene rings is 1. The molecule has 0 radical (unpaired) electrons. The fraction of sp³-hybridized carbons (Fsp3) is 0.188. The Morgan fingerprint density at radius 1 is 1.36 bits per heavy atom. The number of carbonyl (C=O) groups is 1. The van der Waals surface area contributed by atoms with Gasteiger partial charge in [-0.2, -0.15) is 5.10 Å². The number of ether oxygens (including phenoxy) is 1. The molecule has 0 spiro atoms. The Bertz CT molecular complexity index is 1080. The number of aromatic nitrogens is 3. The van der Waals surface area contributed by atoms with Crippen LogP contribution in [-0.2, 0) is 14.6 Å². The Morgan fingerprint density at radius 3 is 2.76 bits per heavy atom. The van der Waals surface area contributed by atoms with Crippen LogP contribution in [0.1, 0.15) is 17.3 Å². The van der Waals surface area contributed by atoms with Crippen LogP contribution in [0.15, 0.2) is 41.6 Å². The minimum absolute atomic E-state index is 0.0130. The highest BCUT2D eigenvalue weighted by Crippen LogP contribution is 2.29. The first-order chi connectivity index (χ1) is 11.8. The lowest BCUT2D eigenvalue weighted by atomic mass is 10.1. The van der Waals surface area contributed by atoms with Gasteiger partial charge in [-0.05, 0) is 31.2 Å². The molecule has 0 amide bonds. The van der Waals surface area contributed by atoms with Crippen molar-refractivity contribution in [3.63, 3.8) is 0 Å². The van der Waals surface area contributed by atoms with Crippen molar-refractivity contribution in [3.8, 4) is 11.3 Å². The summed E-state index contributed by atoms with van der Waals surface area (Å²) >= 11 is 0. The number of esters is 1. The van der Waals surface area contributed by atoms with Crippen molar-refractivity contribution in [2.24, 2.45) is 0 Å². The summed E-state index contributed by atoms with van der Waals surface area (Å²) in [4.78, 5) is 16.3. The molecule has 0 atom stereocenters. The summed E-state index contributed by atoms with van der Waals surface area (Å²) in [6.45, 7) is 1.79. The Morgan fingerprint density at radius 2 is 2.12 bits per heavy atom.